The minimum Gasteiger partial charge on any atom is -0.366 e. The highest BCUT2D eigenvalue weighted by atomic mass is 35.5. The van der Waals surface area contributed by atoms with Crippen molar-refractivity contribution in [3.63, 3.8) is 0 Å². The highest BCUT2D eigenvalue weighted by Gasteiger charge is 2.39. The zero-order valence-electron chi connectivity index (χ0n) is 15.7. The van der Waals surface area contributed by atoms with E-state index in [1.54, 1.807) is 20.4 Å². The van der Waals surface area contributed by atoms with Gasteiger partial charge in [-0.05, 0) is 43.7 Å². The van der Waals surface area contributed by atoms with Crippen LogP contribution < -0.4 is 0 Å². The molecule has 0 N–H and O–H groups in total. The average molecular weight is 405 g/mol. The fourth-order valence-electron chi connectivity index (χ4n) is 3.26. The van der Waals surface area contributed by atoms with Gasteiger partial charge in [0.05, 0.1) is 0 Å². The molecule has 1 heterocycles. The van der Waals surface area contributed by atoms with Crippen molar-refractivity contribution in [1.29, 1.82) is 0 Å². The van der Waals surface area contributed by atoms with E-state index in [0.29, 0.717) is 15.9 Å². The average Bonchev–Trinajstić information content (AvgIpc) is 3.17. The molecule has 0 aliphatic rings. The molecule has 6 heteroatoms. The quantitative estimate of drug-likeness (QED) is 0.546. The van der Waals surface area contributed by atoms with Crippen LogP contribution in [-0.2, 0) is 20.8 Å². The van der Waals surface area contributed by atoms with E-state index >= 15 is 0 Å². The number of ether oxygens (including phenoxy) is 2. The molecule has 2 unspecified atom stereocenters. The number of aromatic nitrogens is 2. The molecule has 2 atom stereocenters. The molecule has 0 amide bonds. The van der Waals surface area contributed by atoms with E-state index in [-0.39, 0.29) is 0 Å². The van der Waals surface area contributed by atoms with Gasteiger partial charge in [-0.15, -0.1) is 0 Å². The number of benzene rings is 2. The molecule has 0 fully saturated rings. The van der Waals surface area contributed by atoms with E-state index in [9.17, 15) is 0 Å². The molecular formula is C21H22Cl2N2O2. The van der Waals surface area contributed by atoms with Crippen LogP contribution in [0.25, 0.3) is 0 Å². The summed E-state index contributed by atoms with van der Waals surface area (Å²) in [5.74, 6) is 0.691. The first kappa shape index (κ1) is 19.9. The van der Waals surface area contributed by atoms with Gasteiger partial charge in [-0.25, -0.2) is 4.98 Å². The van der Waals surface area contributed by atoms with Crippen LogP contribution in [0.3, 0.4) is 0 Å². The van der Waals surface area contributed by atoms with Crippen molar-refractivity contribution in [2.75, 3.05) is 14.2 Å². The first-order chi connectivity index (χ1) is 12.8. The van der Waals surface area contributed by atoms with Gasteiger partial charge in [0.15, 0.2) is 5.72 Å². The van der Waals surface area contributed by atoms with E-state index in [1.807, 2.05) is 73.1 Å². The summed E-state index contributed by atoms with van der Waals surface area (Å²) in [6.07, 6.45) is 3.61. The smallest absolute Gasteiger partial charge is 0.168 e. The lowest BCUT2D eigenvalue weighted by Gasteiger charge is -2.36. The summed E-state index contributed by atoms with van der Waals surface area (Å²) < 4.78 is 13.8. The van der Waals surface area contributed by atoms with Crippen LogP contribution in [0.4, 0.5) is 0 Å². The molecule has 3 rings (SSSR count). The predicted molar refractivity (Wildman–Crippen MR) is 108 cm³/mol. The van der Waals surface area contributed by atoms with Crippen molar-refractivity contribution in [2.24, 2.45) is 0 Å². The molecule has 0 saturated carbocycles. The summed E-state index contributed by atoms with van der Waals surface area (Å²) in [4.78, 5) is 4.61. The Labute approximate surface area is 169 Å². The molecule has 27 heavy (non-hydrogen) atoms. The van der Waals surface area contributed by atoms with Crippen molar-refractivity contribution in [3.05, 3.63) is 87.9 Å². The molecule has 0 aliphatic heterocycles. The zero-order valence-corrected chi connectivity index (χ0v) is 17.3. The van der Waals surface area contributed by atoms with Gasteiger partial charge in [-0.2, -0.15) is 0 Å². The summed E-state index contributed by atoms with van der Waals surface area (Å²) in [7, 11) is 3.32. The van der Waals surface area contributed by atoms with Gasteiger partial charge in [-0.3, -0.25) is 4.57 Å². The Balaban J connectivity index is 2.19. The summed E-state index contributed by atoms with van der Waals surface area (Å²) in [5.41, 5.74) is 0.151. The van der Waals surface area contributed by atoms with Gasteiger partial charge in [-0.1, -0.05) is 47.5 Å². The lowest BCUT2D eigenvalue weighted by Crippen LogP contribution is -2.40. The summed E-state index contributed by atoms with van der Waals surface area (Å²) in [5, 5.41) is 1.28. The molecular weight excluding hydrogens is 383 g/mol. The third-order valence-corrected chi connectivity index (χ3v) is 5.54. The molecule has 0 radical (unpaired) electrons. The molecule has 0 bridgehead atoms. The first-order valence-electron chi connectivity index (χ1n) is 8.52. The third kappa shape index (κ3) is 3.50. The molecule has 3 aromatic rings. The first-order valence-corrected chi connectivity index (χ1v) is 9.27. The summed E-state index contributed by atoms with van der Waals surface area (Å²) in [6, 6.07) is 15.2. The van der Waals surface area contributed by atoms with Crippen molar-refractivity contribution in [2.45, 2.75) is 25.2 Å². The Kier molecular flexibility index (Phi) is 5.63. The van der Waals surface area contributed by atoms with Crippen LogP contribution in [0, 0.1) is 0 Å². The molecule has 0 saturated heterocycles. The summed E-state index contributed by atoms with van der Waals surface area (Å²) in [6.45, 7) is 3.93. The van der Waals surface area contributed by atoms with E-state index in [2.05, 4.69) is 4.98 Å². The minimum absolute atomic E-state index is 0.637. The van der Waals surface area contributed by atoms with Crippen LogP contribution in [0.5, 0.6) is 0 Å². The van der Waals surface area contributed by atoms with Gasteiger partial charge in [0.25, 0.3) is 0 Å². The normalized spacial score (nSPS) is 15.9. The molecule has 0 spiro atoms. The van der Waals surface area contributed by atoms with Gasteiger partial charge >= 0.3 is 0 Å². The minimum atomic E-state index is -0.827. The van der Waals surface area contributed by atoms with Crippen LogP contribution in [0.2, 0.25) is 10.0 Å². The second-order valence-electron chi connectivity index (χ2n) is 6.57. The maximum atomic E-state index is 6.22. The Morgan fingerprint density at radius 3 is 2.04 bits per heavy atom. The molecule has 1 aromatic heterocycles. The van der Waals surface area contributed by atoms with Crippen molar-refractivity contribution in [1.82, 2.24) is 9.55 Å². The molecule has 2 aromatic carbocycles. The molecule has 142 valence electrons. The fraction of sp³-hybridized carbons (Fsp3) is 0.286. The third-order valence-electron chi connectivity index (χ3n) is 5.07. The van der Waals surface area contributed by atoms with E-state index in [1.165, 1.54) is 0 Å². The number of rotatable bonds is 6. The van der Waals surface area contributed by atoms with E-state index in [4.69, 9.17) is 32.7 Å². The zero-order chi connectivity index (χ0) is 19.7. The van der Waals surface area contributed by atoms with Crippen LogP contribution in [-0.4, -0.2) is 23.8 Å². The Morgan fingerprint density at radius 1 is 0.889 bits per heavy atom. The number of hydrogen-bond donors (Lipinski definition) is 0. The lowest BCUT2D eigenvalue weighted by molar-refractivity contribution is -0.0427. The molecule has 0 aliphatic carbocycles. The molecule has 4 nitrogen and oxygen atoms in total. The van der Waals surface area contributed by atoms with Crippen LogP contribution in [0.15, 0.2) is 60.9 Å². The fourth-order valence-corrected chi connectivity index (χ4v) is 3.64. The monoisotopic (exact) mass is 404 g/mol. The Bertz CT molecular complexity index is 869. The predicted octanol–water partition coefficient (Wildman–Crippen LogP) is 5.47. The summed E-state index contributed by atoms with van der Waals surface area (Å²) >= 11 is 12.4. The van der Waals surface area contributed by atoms with Gasteiger partial charge in [0, 0.05) is 42.2 Å². The van der Waals surface area contributed by atoms with Gasteiger partial charge < -0.3 is 9.47 Å². The maximum Gasteiger partial charge on any atom is 0.168 e. The Morgan fingerprint density at radius 2 is 1.48 bits per heavy atom. The van der Waals surface area contributed by atoms with Crippen molar-refractivity contribution in [3.8, 4) is 0 Å². The SMILES string of the molecule is COC(C)(c1cccc(Cl)c1)c1nccn1C(C)(OC)c1cccc(Cl)c1. The topological polar surface area (TPSA) is 36.3 Å². The van der Waals surface area contributed by atoms with Crippen LogP contribution in [0.1, 0.15) is 30.8 Å². The standard InChI is InChI=1S/C21H22Cl2N2O2/c1-20(26-3,15-7-5-9-17(22)13-15)19-24-11-12-25(19)21(2,27-4)16-8-6-10-18(23)14-16/h5-14H,1-4H3. The van der Waals surface area contributed by atoms with Crippen molar-refractivity contribution < 1.29 is 9.47 Å². The number of nitrogens with zero attached hydrogens (tertiary/aromatic N) is 2. The maximum absolute atomic E-state index is 6.22. The highest BCUT2D eigenvalue weighted by Crippen LogP contribution is 2.38. The van der Waals surface area contributed by atoms with Gasteiger partial charge in [0.1, 0.15) is 11.4 Å². The number of hydrogen-bond acceptors (Lipinski definition) is 3. The number of imidazole rings is 1. The van der Waals surface area contributed by atoms with Gasteiger partial charge in [0.2, 0.25) is 0 Å². The lowest BCUT2D eigenvalue weighted by atomic mass is 9.93. The number of methoxy groups -OCH3 is 2. The van der Waals surface area contributed by atoms with Crippen molar-refractivity contribution >= 4 is 23.2 Å². The highest BCUT2D eigenvalue weighted by molar-refractivity contribution is 6.30. The second-order valence-corrected chi connectivity index (χ2v) is 7.44. The second kappa shape index (κ2) is 7.64. The van der Waals surface area contributed by atoms with Crippen LogP contribution >= 0.6 is 23.2 Å². The largest absolute Gasteiger partial charge is 0.366 e. The van der Waals surface area contributed by atoms with E-state index in [0.717, 1.165) is 11.1 Å². The van der Waals surface area contributed by atoms with E-state index < -0.39 is 11.3 Å². The number of halogens is 2. The Hall–Kier alpha value is -1.85.